The molecule has 7 heteroatoms. The smallest absolute Gasteiger partial charge is 0.387 e. The van der Waals surface area contributed by atoms with Gasteiger partial charge in [-0.15, -0.1) is 0 Å². The average molecular weight is 322 g/mol. The Kier molecular flexibility index (Phi) is 5.87. The monoisotopic (exact) mass is 322 g/mol. The van der Waals surface area contributed by atoms with Crippen molar-refractivity contribution in [1.29, 1.82) is 0 Å². The van der Waals surface area contributed by atoms with Gasteiger partial charge < -0.3 is 20.5 Å². The van der Waals surface area contributed by atoms with Crippen LogP contribution < -0.4 is 15.4 Å². The highest BCUT2D eigenvalue weighted by molar-refractivity contribution is 6.00. The Labute approximate surface area is 131 Å². The number of nitrogens with one attached hydrogen (secondary N) is 2. The number of carbonyl (C=O) groups is 1. The van der Waals surface area contributed by atoms with E-state index < -0.39 is 6.61 Å². The number of aliphatic hydroxyl groups is 1. The van der Waals surface area contributed by atoms with Crippen LogP contribution in [0.25, 0.3) is 0 Å². The maximum Gasteiger partial charge on any atom is 0.387 e. The molecule has 122 valence electrons. The van der Waals surface area contributed by atoms with Gasteiger partial charge >= 0.3 is 6.61 Å². The van der Waals surface area contributed by atoms with Crippen LogP contribution in [0.15, 0.2) is 48.5 Å². The number of hydrogen-bond donors (Lipinski definition) is 3. The molecular formula is C16H16F2N2O3. The summed E-state index contributed by atoms with van der Waals surface area (Å²) in [6.07, 6.45) is 0. The zero-order valence-corrected chi connectivity index (χ0v) is 12.1. The molecule has 0 saturated heterocycles. The van der Waals surface area contributed by atoms with Crippen LogP contribution in [-0.4, -0.2) is 30.8 Å². The van der Waals surface area contributed by atoms with Crippen molar-refractivity contribution >= 4 is 17.3 Å². The van der Waals surface area contributed by atoms with Crippen molar-refractivity contribution in [2.45, 2.75) is 6.61 Å². The highest BCUT2D eigenvalue weighted by Crippen LogP contribution is 2.23. The zero-order valence-electron chi connectivity index (χ0n) is 12.1. The topological polar surface area (TPSA) is 70.6 Å². The average Bonchev–Trinajstić information content (AvgIpc) is 2.54. The number of aliphatic hydroxyl groups excluding tert-OH is 1. The predicted molar refractivity (Wildman–Crippen MR) is 82.2 cm³/mol. The summed E-state index contributed by atoms with van der Waals surface area (Å²) in [5.41, 5.74) is 1.59. The molecule has 0 saturated carbocycles. The molecule has 0 aliphatic rings. The second-order valence-corrected chi connectivity index (χ2v) is 4.55. The van der Waals surface area contributed by atoms with E-state index in [9.17, 15) is 13.6 Å². The highest BCUT2D eigenvalue weighted by Gasteiger charge is 2.10. The molecule has 0 aliphatic heterocycles. The summed E-state index contributed by atoms with van der Waals surface area (Å²) in [4.78, 5) is 12.0. The zero-order chi connectivity index (χ0) is 16.7. The molecule has 0 atom stereocenters. The number of carbonyl (C=O) groups excluding carboxylic acids is 1. The fourth-order valence-corrected chi connectivity index (χ4v) is 1.93. The molecule has 0 aliphatic carbocycles. The van der Waals surface area contributed by atoms with Gasteiger partial charge in [0.1, 0.15) is 5.75 Å². The number of halogens is 2. The van der Waals surface area contributed by atoms with Crippen LogP contribution in [0.3, 0.4) is 0 Å². The number of benzene rings is 2. The van der Waals surface area contributed by atoms with E-state index in [1.54, 1.807) is 36.4 Å². The van der Waals surface area contributed by atoms with E-state index in [4.69, 9.17) is 5.11 Å². The molecule has 0 unspecified atom stereocenters. The lowest BCUT2D eigenvalue weighted by molar-refractivity contribution is -0.0498. The van der Waals surface area contributed by atoms with Crippen LogP contribution in [0.4, 0.5) is 20.2 Å². The summed E-state index contributed by atoms with van der Waals surface area (Å²) < 4.78 is 28.5. The molecule has 2 aromatic rings. The Morgan fingerprint density at radius 1 is 1.13 bits per heavy atom. The van der Waals surface area contributed by atoms with E-state index in [2.05, 4.69) is 15.4 Å². The molecule has 0 heterocycles. The molecule has 3 N–H and O–H groups in total. The van der Waals surface area contributed by atoms with Gasteiger partial charge in [-0.05, 0) is 36.4 Å². The Bertz CT molecular complexity index is 648. The summed E-state index contributed by atoms with van der Waals surface area (Å²) in [5, 5.41) is 14.4. The van der Waals surface area contributed by atoms with Gasteiger partial charge in [0.25, 0.3) is 5.91 Å². The second-order valence-electron chi connectivity index (χ2n) is 4.55. The fraction of sp³-hybridized carbons (Fsp3) is 0.188. The van der Waals surface area contributed by atoms with Crippen LogP contribution in [0, 0.1) is 0 Å². The maximum absolute atomic E-state index is 12.1. The molecule has 1 amide bonds. The van der Waals surface area contributed by atoms with Crippen molar-refractivity contribution in [3.8, 4) is 5.75 Å². The minimum atomic E-state index is -2.87. The van der Waals surface area contributed by atoms with Gasteiger partial charge in [-0.2, -0.15) is 8.78 Å². The van der Waals surface area contributed by atoms with Crippen LogP contribution in [0.1, 0.15) is 10.4 Å². The first-order chi connectivity index (χ1) is 11.1. The number of amides is 1. The number of hydrogen-bond acceptors (Lipinski definition) is 4. The highest BCUT2D eigenvalue weighted by atomic mass is 19.3. The molecule has 0 fully saturated rings. The summed E-state index contributed by atoms with van der Waals surface area (Å²) in [5.74, 6) is -0.265. The third-order valence-corrected chi connectivity index (χ3v) is 2.93. The fourth-order valence-electron chi connectivity index (χ4n) is 1.93. The first-order valence-electron chi connectivity index (χ1n) is 6.90. The molecule has 0 aromatic heterocycles. The summed E-state index contributed by atoms with van der Waals surface area (Å²) >= 11 is 0. The lowest BCUT2D eigenvalue weighted by Gasteiger charge is -2.12. The minimum absolute atomic E-state index is 0.0551. The van der Waals surface area contributed by atoms with E-state index in [1.807, 2.05) is 0 Å². The minimum Gasteiger partial charge on any atom is -0.435 e. The number of rotatable bonds is 7. The van der Waals surface area contributed by atoms with Crippen molar-refractivity contribution in [1.82, 2.24) is 5.32 Å². The molecule has 2 aromatic carbocycles. The van der Waals surface area contributed by atoms with Crippen LogP contribution in [0.5, 0.6) is 5.75 Å². The van der Waals surface area contributed by atoms with Crippen LogP contribution >= 0.6 is 0 Å². The van der Waals surface area contributed by atoms with E-state index >= 15 is 0 Å². The number of ether oxygens (including phenoxy) is 1. The van der Waals surface area contributed by atoms with E-state index in [1.165, 1.54) is 12.1 Å². The molecule has 23 heavy (non-hydrogen) atoms. The quantitative estimate of drug-likeness (QED) is 0.733. The maximum atomic E-state index is 12.1. The van der Waals surface area contributed by atoms with Crippen molar-refractivity contribution in [3.05, 3.63) is 54.1 Å². The van der Waals surface area contributed by atoms with E-state index in [0.717, 1.165) is 0 Å². The normalized spacial score (nSPS) is 10.4. The Morgan fingerprint density at radius 3 is 2.48 bits per heavy atom. The third kappa shape index (κ3) is 4.93. The Hall–Kier alpha value is -2.67. The van der Waals surface area contributed by atoms with Crippen molar-refractivity contribution in [3.63, 3.8) is 0 Å². The van der Waals surface area contributed by atoms with Gasteiger partial charge in [0, 0.05) is 12.2 Å². The second kappa shape index (κ2) is 8.09. The number of alkyl halides is 2. The van der Waals surface area contributed by atoms with Crippen LogP contribution in [0.2, 0.25) is 0 Å². The van der Waals surface area contributed by atoms with Gasteiger partial charge in [-0.3, -0.25) is 4.79 Å². The molecule has 2 rings (SSSR count). The molecule has 5 nitrogen and oxygen atoms in total. The number of para-hydroxylation sites is 1. The van der Waals surface area contributed by atoms with Gasteiger partial charge in [0.15, 0.2) is 0 Å². The molecule has 0 radical (unpaired) electrons. The largest absolute Gasteiger partial charge is 0.435 e. The first-order valence-corrected chi connectivity index (χ1v) is 6.90. The summed E-state index contributed by atoms with van der Waals surface area (Å²) in [6, 6.07) is 12.8. The molecule has 0 spiro atoms. The van der Waals surface area contributed by atoms with Gasteiger partial charge in [0.05, 0.1) is 17.9 Å². The van der Waals surface area contributed by atoms with Crippen molar-refractivity contribution in [2.75, 3.05) is 18.5 Å². The summed E-state index contributed by atoms with van der Waals surface area (Å²) in [6.45, 7) is -2.86. The van der Waals surface area contributed by atoms with Crippen LogP contribution in [-0.2, 0) is 0 Å². The van der Waals surface area contributed by atoms with E-state index in [-0.39, 0.29) is 24.8 Å². The predicted octanol–water partition coefficient (Wildman–Crippen LogP) is 2.75. The summed E-state index contributed by atoms with van der Waals surface area (Å²) in [7, 11) is 0. The van der Waals surface area contributed by atoms with E-state index in [0.29, 0.717) is 16.9 Å². The Balaban J connectivity index is 2.12. The standard InChI is InChI=1S/C16H16F2N2O3/c17-16(18)23-12-7-5-11(6-8-12)20-14-4-2-1-3-13(14)15(22)19-9-10-21/h1-8,16,20-21H,9-10H2,(H,19,22). The lowest BCUT2D eigenvalue weighted by Crippen LogP contribution is -2.26. The first kappa shape index (κ1) is 16.7. The molecule has 0 bridgehead atoms. The number of anilines is 2. The third-order valence-electron chi connectivity index (χ3n) is 2.93. The van der Waals surface area contributed by atoms with Gasteiger partial charge in [0.2, 0.25) is 0 Å². The van der Waals surface area contributed by atoms with Crippen molar-refractivity contribution < 1.29 is 23.4 Å². The lowest BCUT2D eigenvalue weighted by atomic mass is 10.1. The van der Waals surface area contributed by atoms with Gasteiger partial charge in [-0.25, -0.2) is 0 Å². The Morgan fingerprint density at radius 2 is 1.83 bits per heavy atom. The molecular weight excluding hydrogens is 306 g/mol. The SMILES string of the molecule is O=C(NCCO)c1ccccc1Nc1ccc(OC(F)F)cc1. The van der Waals surface area contributed by atoms with Gasteiger partial charge in [-0.1, -0.05) is 12.1 Å². The van der Waals surface area contributed by atoms with Crippen molar-refractivity contribution in [2.24, 2.45) is 0 Å².